The maximum atomic E-state index is 6.14. The SMILES string of the molecule is CCC(N)(CC)c1cncnc1. The van der Waals surface area contributed by atoms with Gasteiger partial charge in [0.1, 0.15) is 6.33 Å². The number of nitrogens with two attached hydrogens (primary N) is 1. The summed E-state index contributed by atoms with van der Waals surface area (Å²) < 4.78 is 0. The van der Waals surface area contributed by atoms with Crippen LogP contribution in [0.1, 0.15) is 32.3 Å². The summed E-state index contributed by atoms with van der Waals surface area (Å²) in [6.45, 7) is 4.16. The molecular formula is C9H15N3. The third kappa shape index (κ3) is 1.61. The van der Waals surface area contributed by atoms with Gasteiger partial charge in [0.2, 0.25) is 0 Å². The van der Waals surface area contributed by atoms with Gasteiger partial charge >= 0.3 is 0 Å². The number of aromatic nitrogens is 2. The van der Waals surface area contributed by atoms with E-state index in [2.05, 4.69) is 23.8 Å². The minimum Gasteiger partial charge on any atom is -0.321 e. The van der Waals surface area contributed by atoms with Gasteiger partial charge < -0.3 is 5.73 Å². The van der Waals surface area contributed by atoms with Gasteiger partial charge in [-0.3, -0.25) is 0 Å². The number of hydrogen-bond donors (Lipinski definition) is 1. The van der Waals surface area contributed by atoms with Crippen LogP contribution >= 0.6 is 0 Å². The van der Waals surface area contributed by atoms with Crippen LogP contribution in [0.2, 0.25) is 0 Å². The fourth-order valence-electron chi connectivity index (χ4n) is 1.21. The van der Waals surface area contributed by atoms with E-state index in [1.165, 1.54) is 6.33 Å². The molecule has 0 aliphatic rings. The Hall–Kier alpha value is -0.960. The second kappa shape index (κ2) is 3.63. The maximum Gasteiger partial charge on any atom is 0.115 e. The summed E-state index contributed by atoms with van der Waals surface area (Å²) in [5.41, 5.74) is 6.91. The molecule has 0 bridgehead atoms. The summed E-state index contributed by atoms with van der Waals surface area (Å²) in [4.78, 5) is 7.91. The Morgan fingerprint density at radius 1 is 1.25 bits per heavy atom. The molecule has 0 atom stereocenters. The van der Waals surface area contributed by atoms with E-state index in [1.807, 2.05) is 0 Å². The standard InChI is InChI=1S/C9H15N3/c1-3-9(10,4-2)8-5-11-7-12-6-8/h5-7H,3-4,10H2,1-2H3. The van der Waals surface area contributed by atoms with Gasteiger partial charge in [0.25, 0.3) is 0 Å². The Kier molecular flexibility index (Phi) is 2.76. The summed E-state index contributed by atoms with van der Waals surface area (Å²) in [6, 6.07) is 0. The van der Waals surface area contributed by atoms with E-state index < -0.39 is 0 Å². The fraction of sp³-hybridized carbons (Fsp3) is 0.556. The van der Waals surface area contributed by atoms with Crippen molar-refractivity contribution in [2.75, 3.05) is 0 Å². The highest BCUT2D eigenvalue weighted by Gasteiger charge is 2.22. The van der Waals surface area contributed by atoms with E-state index in [9.17, 15) is 0 Å². The molecular weight excluding hydrogens is 150 g/mol. The lowest BCUT2D eigenvalue weighted by Gasteiger charge is -2.25. The van der Waals surface area contributed by atoms with Gasteiger partial charge in [-0.05, 0) is 12.8 Å². The molecule has 0 amide bonds. The number of nitrogens with zero attached hydrogens (tertiary/aromatic N) is 2. The molecule has 3 heteroatoms. The van der Waals surface area contributed by atoms with Gasteiger partial charge in [0.15, 0.2) is 0 Å². The molecule has 12 heavy (non-hydrogen) atoms. The average molecular weight is 165 g/mol. The van der Waals surface area contributed by atoms with Crippen LogP contribution in [0.5, 0.6) is 0 Å². The minimum absolute atomic E-state index is 0.249. The third-order valence-electron chi connectivity index (χ3n) is 2.40. The largest absolute Gasteiger partial charge is 0.321 e. The Bertz CT molecular complexity index is 229. The molecule has 1 aromatic heterocycles. The highest BCUT2D eigenvalue weighted by Crippen LogP contribution is 2.23. The molecule has 1 rings (SSSR count). The van der Waals surface area contributed by atoms with E-state index in [1.54, 1.807) is 12.4 Å². The summed E-state index contributed by atoms with van der Waals surface area (Å²) in [5.74, 6) is 0. The summed E-state index contributed by atoms with van der Waals surface area (Å²) in [5, 5.41) is 0. The average Bonchev–Trinajstić information content (AvgIpc) is 2.18. The Labute approximate surface area is 73.0 Å². The first-order valence-corrected chi connectivity index (χ1v) is 4.27. The van der Waals surface area contributed by atoms with Crippen LogP contribution in [0.25, 0.3) is 0 Å². The van der Waals surface area contributed by atoms with Crippen LogP contribution in [0.4, 0.5) is 0 Å². The Balaban J connectivity index is 2.95. The van der Waals surface area contributed by atoms with Crippen molar-refractivity contribution in [3.8, 4) is 0 Å². The highest BCUT2D eigenvalue weighted by molar-refractivity contribution is 5.15. The molecule has 0 saturated carbocycles. The first-order chi connectivity index (χ1) is 5.73. The molecule has 0 radical (unpaired) electrons. The molecule has 0 aromatic carbocycles. The van der Waals surface area contributed by atoms with E-state index in [4.69, 9.17) is 5.73 Å². The molecule has 2 N–H and O–H groups in total. The predicted molar refractivity (Wildman–Crippen MR) is 48.5 cm³/mol. The molecule has 0 fully saturated rings. The van der Waals surface area contributed by atoms with Crippen molar-refractivity contribution in [2.24, 2.45) is 5.73 Å². The van der Waals surface area contributed by atoms with Crippen molar-refractivity contribution >= 4 is 0 Å². The predicted octanol–water partition coefficient (Wildman–Crippen LogP) is 1.45. The zero-order valence-corrected chi connectivity index (χ0v) is 7.62. The summed E-state index contributed by atoms with van der Waals surface area (Å²) >= 11 is 0. The van der Waals surface area contributed by atoms with E-state index in [-0.39, 0.29) is 5.54 Å². The number of rotatable bonds is 3. The lowest BCUT2D eigenvalue weighted by molar-refractivity contribution is 0.410. The van der Waals surface area contributed by atoms with Crippen molar-refractivity contribution in [3.63, 3.8) is 0 Å². The normalized spacial score (nSPS) is 11.6. The first kappa shape index (κ1) is 9.13. The topological polar surface area (TPSA) is 51.8 Å². The van der Waals surface area contributed by atoms with Crippen molar-refractivity contribution in [3.05, 3.63) is 24.3 Å². The minimum atomic E-state index is -0.249. The molecule has 0 saturated heterocycles. The molecule has 66 valence electrons. The zero-order chi connectivity index (χ0) is 9.03. The lowest BCUT2D eigenvalue weighted by atomic mass is 9.88. The molecule has 1 aromatic rings. The van der Waals surface area contributed by atoms with E-state index in [0.29, 0.717) is 0 Å². The van der Waals surface area contributed by atoms with Crippen LogP contribution < -0.4 is 5.73 Å². The van der Waals surface area contributed by atoms with Gasteiger partial charge in [-0.25, -0.2) is 9.97 Å². The molecule has 0 aliphatic heterocycles. The molecule has 0 unspecified atom stereocenters. The van der Waals surface area contributed by atoms with Crippen LogP contribution in [-0.4, -0.2) is 9.97 Å². The van der Waals surface area contributed by atoms with Crippen molar-refractivity contribution in [1.29, 1.82) is 0 Å². The maximum absolute atomic E-state index is 6.14. The van der Waals surface area contributed by atoms with Crippen molar-refractivity contribution in [1.82, 2.24) is 9.97 Å². The van der Waals surface area contributed by atoms with Gasteiger partial charge in [0, 0.05) is 23.5 Å². The highest BCUT2D eigenvalue weighted by atomic mass is 14.8. The second-order valence-corrected chi connectivity index (χ2v) is 2.99. The van der Waals surface area contributed by atoms with Gasteiger partial charge in [-0.1, -0.05) is 13.8 Å². The van der Waals surface area contributed by atoms with Crippen molar-refractivity contribution in [2.45, 2.75) is 32.2 Å². The Morgan fingerprint density at radius 2 is 1.75 bits per heavy atom. The second-order valence-electron chi connectivity index (χ2n) is 2.99. The van der Waals surface area contributed by atoms with E-state index >= 15 is 0 Å². The van der Waals surface area contributed by atoms with Gasteiger partial charge in [0.05, 0.1) is 0 Å². The van der Waals surface area contributed by atoms with Gasteiger partial charge in [-0.15, -0.1) is 0 Å². The fourth-order valence-corrected chi connectivity index (χ4v) is 1.21. The van der Waals surface area contributed by atoms with Crippen LogP contribution in [-0.2, 0) is 5.54 Å². The Morgan fingerprint density at radius 3 is 2.17 bits per heavy atom. The third-order valence-corrected chi connectivity index (χ3v) is 2.40. The molecule has 0 aliphatic carbocycles. The van der Waals surface area contributed by atoms with Crippen LogP contribution in [0.15, 0.2) is 18.7 Å². The van der Waals surface area contributed by atoms with Crippen LogP contribution in [0, 0.1) is 0 Å². The number of hydrogen-bond acceptors (Lipinski definition) is 3. The van der Waals surface area contributed by atoms with Gasteiger partial charge in [-0.2, -0.15) is 0 Å². The van der Waals surface area contributed by atoms with E-state index in [0.717, 1.165) is 18.4 Å². The summed E-state index contributed by atoms with van der Waals surface area (Å²) in [6.07, 6.45) is 6.93. The quantitative estimate of drug-likeness (QED) is 0.737. The van der Waals surface area contributed by atoms with Crippen molar-refractivity contribution < 1.29 is 0 Å². The molecule has 1 heterocycles. The molecule has 3 nitrogen and oxygen atoms in total. The summed E-state index contributed by atoms with van der Waals surface area (Å²) in [7, 11) is 0. The van der Waals surface area contributed by atoms with Crippen LogP contribution in [0.3, 0.4) is 0 Å². The zero-order valence-electron chi connectivity index (χ0n) is 7.62. The molecule has 0 spiro atoms. The monoisotopic (exact) mass is 165 g/mol. The lowest BCUT2D eigenvalue weighted by Crippen LogP contribution is -2.35. The smallest absolute Gasteiger partial charge is 0.115 e. The first-order valence-electron chi connectivity index (χ1n) is 4.27.